The molecule has 0 spiro atoms. The molecule has 0 unspecified atom stereocenters. The van der Waals surface area contributed by atoms with Gasteiger partial charge in [0.1, 0.15) is 0 Å². The van der Waals surface area contributed by atoms with E-state index in [1.165, 1.54) is 11.8 Å². The lowest BCUT2D eigenvalue weighted by Crippen LogP contribution is -2.35. The standard InChI is InChI=1S/C18H22N4O3S/c1-10-20-15-13(14(26-10)12-5-4-7-19-16(12)23)17(24)21-22(15)11-6-8-25-18(2,3)9-11/h4-5,7,11,14H,6,8-9H2,1-3H3,(H,19,23)(H,21,24)/t11-,14+/m1/s1. The van der Waals surface area contributed by atoms with Crippen LogP contribution in [0.3, 0.4) is 0 Å². The van der Waals surface area contributed by atoms with Gasteiger partial charge in [0.25, 0.3) is 11.1 Å². The molecule has 8 heteroatoms. The van der Waals surface area contributed by atoms with Crippen molar-refractivity contribution >= 4 is 22.6 Å². The molecule has 2 N–H and O–H groups in total. The Bertz CT molecular complexity index is 985. The molecule has 1 fully saturated rings. The van der Waals surface area contributed by atoms with E-state index in [0.29, 0.717) is 23.6 Å². The number of nitrogens with one attached hydrogen (secondary N) is 2. The second kappa shape index (κ2) is 6.28. The Balaban J connectivity index is 1.83. The number of ether oxygens (including phenoxy) is 1. The van der Waals surface area contributed by atoms with Crippen molar-refractivity contribution in [3.63, 3.8) is 0 Å². The molecule has 0 amide bonds. The minimum absolute atomic E-state index is 0.115. The molecule has 0 bridgehead atoms. The average Bonchev–Trinajstić information content (AvgIpc) is 2.90. The van der Waals surface area contributed by atoms with Gasteiger partial charge in [0, 0.05) is 18.4 Å². The number of aromatic nitrogens is 3. The minimum Gasteiger partial charge on any atom is -0.375 e. The molecule has 1 saturated heterocycles. The summed E-state index contributed by atoms with van der Waals surface area (Å²) in [6.07, 6.45) is 3.21. The van der Waals surface area contributed by atoms with Gasteiger partial charge in [0.15, 0.2) is 5.82 Å². The van der Waals surface area contributed by atoms with E-state index in [0.717, 1.165) is 17.9 Å². The van der Waals surface area contributed by atoms with Crippen LogP contribution in [0.1, 0.15) is 56.0 Å². The second-order valence-corrected chi connectivity index (χ2v) is 8.68. The Labute approximate surface area is 154 Å². The van der Waals surface area contributed by atoms with Crippen LogP contribution in [0, 0.1) is 0 Å². The van der Waals surface area contributed by atoms with E-state index in [2.05, 4.69) is 28.9 Å². The quantitative estimate of drug-likeness (QED) is 0.845. The maximum absolute atomic E-state index is 12.8. The van der Waals surface area contributed by atoms with Gasteiger partial charge in [0.05, 0.1) is 27.5 Å². The van der Waals surface area contributed by atoms with Crippen molar-refractivity contribution in [3.8, 4) is 0 Å². The first-order chi connectivity index (χ1) is 12.4. The van der Waals surface area contributed by atoms with Crippen molar-refractivity contribution < 1.29 is 4.74 Å². The Hall–Kier alpha value is -2.06. The summed E-state index contributed by atoms with van der Waals surface area (Å²) in [5.41, 5.74) is 0.534. The molecule has 2 aromatic rings. The van der Waals surface area contributed by atoms with Crippen molar-refractivity contribution in [3.05, 3.63) is 50.2 Å². The highest BCUT2D eigenvalue weighted by Crippen LogP contribution is 2.44. The number of aliphatic imine (C=N–C) groups is 1. The first kappa shape index (κ1) is 17.4. The van der Waals surface area contributed by atoms with Crippen LogP contribution in [0.4, 0.5) is 5.82 Å². The molecule has 4 heterocycles. The predicted molar refractivity (Wildman–Crippen MR) is 103 cm³/mol. The van der Waals surface area contributed by atoms with E-state index in [-0.39, 0.29) is 28.0 Å². The molecule has 0 saturated carbocycles. The summed E-state index contributed by atoms with van der Waals surface area (Å²) in [6.45, 7) is 6.67. The Morgan fingerprint density at radius 2 is 2.15 bits per heavy atom. The third-order valence-corrected chi connectivity index (χ3v) is 6.07. The molecule has 4 rings (SSSR count). The van der Waals surface area contributed by atoms with E-state index < -0.39 is 0 Å². The van der Waals surface area contributed by atoms with Gasteiger partial charge >= 0.3 is 0 Å². The Morgan fingerprint density at radius 1 is 1.35 bits per heavy atom. The summed E-state index contributed by atoms with van der Waals surface area (Å²) in [5.74, 6) is 0.641. The number of hydrogen-bond acceptors (Lipinski definition) is 5. The van der Waals surface area contributed by atoms with Crippen LogP contribution in [0.25, 0.3) is 0 Å². The molecule has 0 radical (unpaired) electrons. The number of hydrogen-bond donors (Lipinski definition) is 2. The average molecular weight is 374 g/mol. The van der Waals surface area contributed by atoms with Crippen LogP contribution < -0.4 is 11.1 Å². The zero-order chi connectivity index (χ0) is 18.5. The predicted octanol–water partition coefficient (Wildman–Crippen LogP) is 2.88. The van der Waals surface area contributed by atoms with Crippen LogP contribution in [0.2, 0.25) is 0 Å². The van der Waals surface area contributed by atoms with Crippen molar-refractivity contribution in [1.29, 1.82) is 0 Å². The monoisotopic (exact) mass is 374 g/mol. The fraction of sp³-hybridized carbons (Fsp3) is 0.500. The Kier molecular flexibility index (Phi) is 4.19. The number of aromatic amines is 2. The van der Waals surface area contributed by atoms with Crippen molar-refractivity contribution in [2.75, 3.05) is 6.61 Å². The van der Waals surface area contributed by atoms with Crippen LogP contribution >= 0.6 is 11.8 Å². The molecular weight excluding hydrogens is 352 g/mol. The van der Waals surface area contributed by atoms with Gasteiger partial charge in [0.2, 0.25) is 0 Å². The lowest BCUT2D eigenvalue weighted by atomic mass is 9.94. The van der Waals surface area contributed by atoms with Crippen LogP contribution in [0.5, 0.6) is 0 Å². The van der Waals surface area contributed by atoms with Gasteiger partial charge in [-0.3, -0.25) is 19.4 Å². The van der Waals surface area contributed by atoms with Crippen molar-refractivity contribution in [2.24, 2.45) is 4.99 Å². The molecule has 7 nitrogen and oxygen atoms in total. The molecule has 26 heavy (non-hydrogen) atoms. The van der Waals surface area contributed by atoms with E-state index in [9.17, 15) is 9.59 Å². The van der Waals surface area contributed by atoms with Gasteiger partial charge in [-0.15, -0.1) is 0 Å². The first-order valence-corrected chi connectivity index (χ1v) is 9.61. The van der Waals surface area contributed by atoms with Crippen LogP contribution in [0.15, 0.2) is 32.9 Å². The minimum atomic E-state index is -0.356. The first-order valence-electron chi connectivity index (χ1n) is 8.73. The number of thioether (sulfide) groups is 1. The van der Waals surface area contributed by atoms with Gasteiger partial charge in [-0.25, -0.2) is 4.99 Å². The molecule has 2 aliphatic rings. The molecular formula is C18H22N4O3S. The normalized spacial score (nSPS) is 24.8. The van der Waals surface area contributed by atoms with Gasteiger partial charge < -0.3 is 9.72 Å². The third-order valence-electron chi connectivity index (χ3n) is 4.92. The maximum Gasteiger partial charge on any atom is 0.271 e. The third kappa shape index (κ3) is 2.97. The smallest absolute Gasteiger partial charge is 0.271 e. The van der Waals surface area contributed by atoms with Gasteiger partial charge in [-0.05, 0) is 39.7 Å². The number of H-pyrrole nitrogens is 2. The van der Waals surface area contributed by atoms with Crippen molar-refractivity contribution in [2.45, 2.75) is 50.5 Å². The van der Waals surface area contributed by atoms with E-state index >= 15 is 0 Å². The van der Waals surface area contributed by atoms with E-state index in [1.807, 2.05) is 11.6 Å². The molecule has 0 aromatic carbocycles. The second-order valence-electron chi connectivity index (χ2n) is 7.39. The largest absolute Gasteiger partial charge is 0.375 e. The summed E-state index contributed by atoms with van der Waals surface area (Å²) < 4.78 is 7.69. The van der Waals surface area contributed by atoms with E-state index in [4.69, 9.17) is 4.74 Å². The fourth-order valence-electron chi connectivity index (χ4n) is 3.75. The maximum atomic E-state index is 12.8. The van der Waals surface area contributed by atoms with Crippen LogP contribution in [-0.4, -0.2) is 32.0 Å². The molecule has 2 aliphatic heterocycles. The Morgan fingerprint density at radius 3 is 2.88 bits per heavy atom. The summed E-state index contributed by atoms with van der Waals surface area (Å²) in [6, 6.07) is 3.67. The number of nitrogens with zero attached hydrogens (tertiary/aromatic N) is 2. The highest BCUT2D eigenvalue weighted by Gasteiger charge is 2.36. The number of pyridine rings is 1. The lowest BCUT2D eigenvalue weighted by molar-refractivity contribution is -0.0705. The summed E-state index contributed by atoms with van der Waals surface area (Å²) in [7, 11) is 0. The zero-order valence-corrected chi connectivity index (χ0v) is 15.9. The van der Waals surface area contributed by atoms with Crippen LogP contribution in [-0.2, 0) is 4.74 Å². The molecule has 2 atom stereocenters. The summed E-state index contributed by atoms with van der Waals surface area (Å²) in [4.78, 5) is 32.4. The number of rotatable bonds is 2. The SMILES string of the molecule is CC1=Nc2c(c(=O)[nH]n2[C@@H]2CCOC(C)(C)C2)[C@H](c2ccc[nH]c2=O)S1. The zero-order valence-electron chi connectivity index (χ0n) is 15.0. The van der Waals surface area contributed by atoms with Gasteiger partial charge in [-0.1, -0.05) is 17.8 Å². The highest BCUT2D eigenvalue weighted by atomic mass is 32.2. The van der Waals surface area contributed by atoms with E-state index in [1.54, 1.807) is 18.3 Å². The molecule has 2 aromatic heterocycles. The molecule has 0 aliphatic carbocycles. The topological polar surface area (TPSA) is 92.2 Å². The lowest BCUT2D eigenvalue weighted by Gasteiger charge is -2.36. The fourth-order valence-corrected chi connectivity index (χ4v) is 4.88. The van der Waals surface area contributed by atoms with Crippen molar-refractivity contribution in [1.82, 2.24) is 14.8 Å². The number of fused-ring (bicyclic) bond motifs is 1. The highest BCUT2D eigenvalue weighted by molar-refractivity contribution is 8.14. The summed E-state index contributed by atoms with van der Waals surface area (Å²) >= 11 is 1.44. The summed E-state index contributed by atoms with van der Waals surface area (Å²) in [5, 5.41) is 3.46. The van der Waals surface area contributed by atoms with Gasteiger partial charge in [-0.2, -0.15) is 0 Å². The molecule has 138 valence electrons.